The number of thiol groups is 2. The highest BCUT2D eigenvalue weighted by Crippen LogP contribution is 2.46. The molecule has 10 nitrogen and oxygen atoms in total. The van der Waals surface area contributed by atoms with Crippen LogP contribution >= 0.6 is 39.4 Å². The van der Waals surface area contributed by atoms with E-state index < -0.39 is 27.1 Å². The highest BCUT2D eigenvalue weighted by atomic mass is 32.7. The van der Waals surface area contributed by atoms with Crippen LogP contribution in [-0.2, 0) is 36.2 Å². The standard InChI is InChI=1S/C14H22N4O6P2S2/c1-20-9-25(27)22-3-2-18-13(17-10-4-15-8-16-14(10)18)7-23-26(28)24-12-6-21-5-11(12)19/h4,8,11-12,19,27-28H,2-3,5-7,9H2,1H3. The largest absolute Gasteiger partial charge is 0.388 e. The summed E-state index contributed by atoms with van der Waals surface area (Å²) in [5, 5.41) is 9.75. The van der Waals surface area contributed by atoms with Crippen molar-refractivity contribution in [3.8, 4) is 0 Å². The molecule has 0 aromatic carbocycles. The first-order valence-electron chi connectivity index (χ1n) is 8.36. The van der Waals surface area contributed by atoms with E-state index in [1.807, 2.05) is 4.57 Å². The maximum atomic E-state index is 9.75. The maximum Gasteiger partial charge on any atom is 0.235 e. The fourth-order valence-corrected chi connectivity index (χ4v) is 4.97. The predicted molar refractivity (Wildman–Crippen MR) is 111 cm³/mol. The molecule has 14 heteroatoms. The van der Waals surface area contributed by atoms with Crippen molar-refractivity contribution in [1.82, 2.24) is 19.5 Å². The zero-order valence-electron chi connectivity index (χ0n) is 15.1. The molecule has 0 saturated carbocycles. The molecular formula is C14H22N4O6P2S2. The van der Waals surface area contributed by atoms with E-state index >= 15 is 0 Å². The molecule has 156 valence electrons. The number of methoxy groups -OCH3 is 1. The van der Waals surface area contributed by atoms with Gasteiger partial charge < -0.3 is 32.7 Å². The summed E-state index contributed by atoms with van der Waals surface area (Å²) in [6, 6.07) is 0. The van der Waals surface area contributed by atoms with Gasteiger partial charge in [-0.3, -0.25) is 0 Å². The molecule has 0 bridgehead atoms. The van der Waals surface area contributed by atoms with E-state index in [0.29, 0.717) is 43.1 Å². The average molecular weight is 468 g/mol. The van der Waals surface area contributed by atoms with Crippen LogP contribution in [0.15, 0.2) is 12.5 Å². The quantitative estimate of drug-likeness (QED) is 0.338. The number of ether oxygens (including phenoxy) is 2. The van der Waals surface area contributed by atoms with Crippen LogP contribution in [-0.4, -0.2) is 70.1 Å². The molecule has 1 saturated heterocycles. The summed E-state index contributed by atoms with van der Waals surface area (Å²) in [5.74, 6) is 0.655. The van der Waals surface area contributed by atoms with Crippen LogP contribution in [0.2, 0.25) is 0 Å². The van der Waals surface area contributed by atoms with Gasteiger partial charge in [-0.2, -0.15) is 0 Å². The van der Waals surface area contributed by atoms with E-state index in [2.05, 4.69) is 39.4 Å². The zero-order chi connectivity index (χ0) is 19.9. The smallest absolute Gasteiger partial charge is 0.235 e. The molecule has 4 unspecified atom stereocenters. The second kappa shape index (κ2) is 11.3. The van der Waals surface area contributed by atoms with Crippen molar-refractivity contribution in [1.29, 1.82) is 0 Å². The Kier molecular flexibility index (Phi) is 9.11. The third kappa shape index (κ3) is 6.18. The van der Waals surface area contributed by atoms with Crippen molar-refractivity contribution in [2.75, 3.05) is 33.3 Å². The summed E-state index contributed by atoms with van der Waals surface area (Å²) in [4.78, 5) is 12.8. The second-order valence-electron chi connectivity index (χ2n) is 5.77. The fourth-order valence-electron chi connectivity index (χ4n) is 2.54. The number of rotatable bonds is 11. The van der Waals surface area contributed by atoms with Gasteiger partial charge in [0.1, 0.15) is 43.8 Å². The van der Waals surface area contributed by atoms with Crippen LogP contribution in [0.25, 0.3) is 11.2 Å². The third-order valence-electron chi connectivity index (χ3n) is 3.81. The van der Waals surface area contributed by atoms with Gasteiger partial charge in [-0.15, -0.1) is 12.2 Å². The minimum absolute atomic E-state index is 0.170. The summed E-state index contributed by atoms with van der Waals surface area (Å²) < 4.78 is 29.1. The first kappa shape index (κ1) is 22.6. The van der Waals surface area contributed by atoms with Crippen LogP contribution in [0, 0.1) is 0 Å². The fraction of sp³-hybridized carbons (Fsp3) is 0.643. The Morgan fingerprint density at radius 1 is 1.36 bits per heavy atom. The lowest BCUT2D eigenvalue weighted by molar-refractivity contribution is 0.0718. The van der Waals surface area contributed by atoms with Crippen molar-refractivity contribution < 1.29 is 28.2 Å². The van der Waals surface area contributed by atoms with Gasteiger partial charge in [-0.25, -0.2) is 15.0 Å². The normalized spacial score (nSPS) is 22.0. The van der Waals surface area contributed by atoms with Gasteiger partial charge in [0, 0.05) is 13.7 Å². The van der Waals surface area contributed by atoms with Crippen LogP contribution in [0.1, 0.15) is 5.82 Å². The lowest BCUT2D eigenvalue weighted by atomic mass is 10.3. The Hall–Kier alpha value is -0.130. The van der Waals surface area contributed by atoms with Crippen molar-refractivity contribution >= 4 is 50.6 Å². The lowest BCUT2D eigenvalue weighted by Crippen LogP contribution is -2.24. The molecule has 1 N–H and O–H groups in total. The van der Waals surface area contributed by atoms with E-state index in [1.165, 1.54) is 6.33 Å². The van der Waals surface area contributed by atoms with E-state index in [-0.39, 0.29) is 13.2 Å². The molecule has 0 aliphatic carbocycles. The number of fused-ring (bicyclic) bond motifs is 1. The highest BCUT2D eigenvalue weighted by Gasteiger charge is 2.29. The summed E-state index contributed by atoms with van der Waals surface area (Å²) in [6.45, 7) is 1.70. The minimum Gasteiger partial charge on any atom is -0.388 e. The predicted octanol–water partition coefficient (Wildman–Crippen LogP) is 2.14. The molecule has 3 heterocycles. The summed E-state index contributed by atoms with van der Waals surface area (Å²) in [7, 11) is -0.829. The number of hydrogen-bond acceptors (Lipinski definition) is 11. The number of nitrogens with zero attached hydrogens (tertiary/aromatic N) is 4. The monoisotopic (exact) mass is 468 g/mol. The Morgan fingerprint density at radius 3 is 2.96 bits per heavy atom. The first-order valence-corrected chi connectivity index (χ1v) is 13.3. The molecule has 28 heavy (non-hydrogen) atoms. The van der Waals surface area contributed by atoms with Gasteiger partial charge in [0.25, 0.3) is 0 Å². The summed E-state index contributed by atoms with van der Waals surface area (Å²) in [5.41, 5.74) is 1.35. The van der Waals surface area contributed by atoms with Gasteiger partial charge in [0.15, 0.2) is 5.65 Å². The van der Waals surface area contributed by atoms with E-state index in [9.17, 15) is 5.11 Å². The molecule has 4 atom stereocenters. The van der Waals surface area contributed by atoms with E-state index in [0.717, 1.165) is 0 Å². The van der Waals surface area contributed by atoms with Crippen molar-refractivity contribution in [3.05, 3.63) is 18.3 Å². The third-order valence-corrected chi connectivity index (χ3v) is 6.90. The summed E-state index contributed by atoms with van der Waals surface area (Å²) in [6.07, 6.45) is 2.47. The molecule has 3 rings (SSSR count). The molecule has 1 aliphatic heterocycles. The number of hydrogen-bond donors (Lipinski definition) is 3. The topological polar surface area (TPSA) is 110 Å². The van der Waals surface area contributed by atoms with Crippen LogP contribution in [0.5, 0.6) is 0 Å². The molecule has 2 aromatic heterocycles. The molecule has 1 fully saturated rings. The Balaban J connectivity index is 1.61. The molecule has 0 amide bonds. The van der Waals surface area contributed by atoms with Crippen LogP contribution in [0.4, 0.5) is 0 Å². The Labute approximate surface area is 175 Å². The van der Waals surface area contributed by atoms with Gasteiger partial charge in [-0.05, 0) is 0 Å². The maximum absolute atomic E-state index is 9.75. The Morgan fingerprint density at radius 2 is 2.21 bits per heavy atom. The molecular weight excluding hydrogens is 446 g/mol. The van der Waals surface area contributed by atoms with Gasteiger partial charge >= 0.3 is 0 Å². The van der Waals surface area contributed by atoms with Crippen molar-refractivity contribution in [2.24, 2.45) is 0 Å². The second-order valence-corrected chi connectivity index (χ2v) is 10.3. The molecule has 1 aliphatic rings. The lowest BCUT2D eigenvalue weighted by Gasteiger charge is -2.18. The molecule has 0 spiro atoms. The average Bonchev–Trinajstić information content (AvgIpc) is 3.24. The highest BCUT2D eigenvalue weighted by molar-refractivity contribution is 8.43. The van der Waals surface area contributed by atoms with Crippen molar-refractivity contribution in [3.63, 3.8) is 0 Å². The molecule has 0 radical (unpaired) electrons. The SMILES string of the molecule is COCP(S)OCCn1c(COP(S)OC2COCC2O)nc2cncnc21. The number of aliphatic hydroxyl groups is 1. The van der Waals surface area contributed by atoms with Crippen LogP contribution < -0.4 is 0 Å². The van der Waals surface area contributed by atoms with Gasteiger partial charge in [0.05, 0.1) is 32.4 Å². The number of imidazole rings is 1. The molecule has 2 aromatic rings. The van der Waals surface area contributed by atoms with Crippen molar-refractivity contribution in [2.45, 2.75) is 25.4 Å². The Bertz CT molecular complexity index is 760. The summed E-state index contributed by atoms with van der Waals surface area (Å²) >= 11 is 8.70. The van der Waals surface area contributed by atoms with E-state index in [4.69, 9.17) is 23.0 Å². The first-order chi connectivity index (χ1) is 13.6. The van der Waals surface area contributed by atoms with Gasteiger partial charge in [0.2, 0.25) is 7.58 Å². The number of aliphatic hydroxyl groups excluding tert-OH is 1. The van der Waals surface area contributed by atoms with Crippen LogP contribution in [0.3, 0.4) is 0 Å². The zero-order valence-corrected chi connectivity index (χ0v) is 18.7. The van der Waals surface area contributed by atoms with Gasteiger partial charge in [-0.1, -0.05) is 12.2 Å². The minimum atomic E-state index is -1.50. The van der Waals surface area contributed by atoms with E-state index in [1.54, 1.807) is 13.3 Å². The number of aromatic nitrogens is 4.